The van der Waals surface area contributed by atoms with E-state index in [1.54, 1.807) is 16.9 Å². The van der Waals surface area contributed by atoms with Gasteiger partial charge in [-0.25, -0.2) is 0 Å². The number of hydrogen-bond acceptors (Lipinski definition) is 5. The van der Waals surface area contributed by atoms with Gasteiger partial charge in [0.15, 0.2) is 5.65 Å². The number of carbonyl (C=O) groups is 1. The van der Waals surface area contributed by atoms with Gasteiger partial charge in [0.05, 0.1) is 0 Å². The van der Waals surface area contributed by atoms with E-state index in [0.29, 0.717) is 6.54 Å². The first-order valence-electron chi connectivity index (χ1n) is 7.08. The largest absolute Gasteiger partial charge is 0.355 e. The minimum atomic E-state index is 0.0832. The summed E-state index contributed by atoms with van der Waals surface area (Å²) in [7, 11) is 0. The molecule has 1 fully saturated rings. The van der Waals surface area contributed by atoms with Crippen LogP contribution in [-0.4, -0.2) is 45.4 Å². The number of rotatable bonds is 4. The van der Waals surface area contributed by atoms with Crippen molar-refractivity contribution in [2.24, 2.45) is 5.92 Å². The van der Waals surface area contributed by atoms with Gasteiger partial charge in [-0.1, -0.05) is 6.08 Å². The van der Waals surface area contributed by atoms with Crippen molar-refractivity contribution in [3.8, 4) is 0 Å². The number of aromatic nitrogens is 4. The van der Waals surface area contributed by atoms with Crippen LogP contribution in [0.5, 0.6) is 0 Å². The van der Waals surface area contributed by atoms with E-state index in [4.69, 9.17) is 0 Å². The molecule has 2 aromatic rings. The lowest BCUT2D eigenvalue weighted by Crippen LogP contribution is -2.41. The predicted octanol–water partition coefficient (Wildman–Crippen LogP) is 0.643. The van der Waals surface area contributed by atoms with Crippen molar-refractivity contribution >= 4 is 17.4 Å². The Bertz CT molecular complexity index is 644. The van der Waals surface area contributed by atoms with Gasteiger partial charge in [-0.05, 0) is 25.0 Å². The quantitative estimate of drug-likeness (QED) is 0.835. The van der Waals surface area contributed by atoms with Crippen LogP contribution in [0.4, 0.5) is 5.82 Å². The topological polar surface area (TPSA) is 75.4 Å². The Hall–Kier alpha value is -2.44. The van der Waals surface area contributed by atoms with Gasteiger partial charge in [0, 0.05) is 25.6 Å². The number of amides is 1. The van der Waals surface area contributed by atoms with Crippen LogP contribution in [0.2, 0.25) is 0 Å². The zero-order valence-corrected chi connectivity index (χ0v) is 11.8. The Kier molecular flexibility index (Phi) is 3.81. The zero-order valence-electron chi connectivity index (χ0n) is 11.8. The molecule has 3 heterocycles. The van der Waals surface area contributed by atoms with Gasteiger partial charge < -0.3 is 10.2 Å². The van der Waals surface area contributed by atoms with Crippen LogP contribution in [-0.2, 0) is 4.79 Å². The molecule has 0 spiro atoms. The second kappa shape index (κ2) is 5.90. The first kappa shape index (κ1) is 13.5. The van der Waals surface area contributed by atoms with Crippen LogP contribution in [0.3, 0.4) is 0 Å². The van der Waals surface area contributed by atoms with E-state index in [1.165, 1.54) is 0 Å². The molecular weight excluding hydrogens is 268 g/mol. The summed E-state index contributed by atoms with van der Waals surface area (Å²) in [5, 5.41) is 15.1. The number of fused-ring (bicyclic) bond motifs is 1. The molecule has 1 aliphatic rings. The third-order valence-corrected chi connectivity index (χ3v) is 3.76. The lowest BCUT2D eigenvalue weighted by molar-refractivity contribution is -0.125. The third kappa shape index (κ3) is 2.86. The van der Waals surface area contributed by atoms with Gasteiger partial charge in [0.1, 0.15) is 12.1 Å². The standard InChI is InChI=1S/C14H18N6O/c1-2-7-15-14(21)11-5-8-19(9-6-11)13-4-3-12-17-16-10-20(12)18-13/h2-4,10-11H,1,5-9H2,(H,15,21). The molecule has 110 valence electrons. The average molecular weight is 286 g/mol. The van der Waals surface area contributed by atoms with Gasteiger partial charge in [0.25, 0.3) is 0 Å². The maximum Gasteiger partial charge on any atom is 0.223 e. The number of nitrogens with zero attached hydrogens (tertiary/aromatic N) is 5. The third-order valence-electron chi connectivity index (χ3n) is 3.76. The summed E-state index contributed by atoms with van der Waals surface area (Å²) >= 11 is 0. The van der Waals surface area contributed by atoms with Crippen LogP contribution in [0, 0.1) is 5.92 Å². The van der Waals surface area contributed by atoms with E-state index < -0.39 is 0 Å². The van der Waals surface area contributed by atoms with Crippen molar-refractivity contribution in [3.63, 3.8) is 0 Å². The van der Waals surface area contributed by atoms with Crippen LogP contribution >= 0.6 is 0 Å². The molecule has 21 heavy (non-hydrogen) atoms. The Morgan fingerprint density at radius 1 is 1.43 bits per heavy atom. The molecule has 3 rings (SSSR count). The molecule has 7 heteroatoms. The molecule has 1 amide bonds. The van der Waals surface area contributed by atoms with E-state index >= 15 is 0 Å². The fourth-order valence-corrected chi connectivity index (χ4v) is 2.57. The SMILES string of the molecule is C=CCNC(=O)C1CCN(c2ccc3nncn3n2)CC1. The second-order valence-corrected chi connectivity index (χ2v) is 5.12. The van der Waals surface area contributed by atoms with Gasteiger partial charge in [0.2, 0.25) is 5.91 Å². The molecule has 2 aromatic heterocycles. The Labute approximate surface area is 122 Å². The molecule has 7 nitrogen and oxygen atoms in total. The minimum Gasteiger partial charge on any atom is -0.355 e. The van der Waals surface area contributed by atoms with E-state index in [9.17, 15) is 4.79 Å². The Morgan fingerprint density at radius 3 is 3.00 bits per heavy atom. The number of anilines is 1. The van der Waals surface area contributed by atoms with Crippen molar-refractivity contribution in [2.45, 2.75) is 12.8 Å². The number of nitrogens with one attached hydrogen (secondary N) is 1. The highest BCUT2D eigenvalue weighted by Crippen LogP contribution is 2.21. The molecule has 0 saturated carbocycles. The van der Waals surface area contributed by atoms with Gasteiger partial charge in [-0.3, -0.25) is 4.79 Å². The smallest absolute Gasteiger partial charge is 0.223 e. The summed E-state index contributed by atoms with van der Waals surface area (Å²) in [5.41, 5.74) is 0.734. The molecule has 0 aromatic carbocycles. The van der Waals surface area contributed by atoms with Crippen molar-refractivity contribution in [3.05, 3.63) is 31.1 Å². The molecule has 0 unspecified atom stereocenters. The molecule has 0 radical (unpaired) electrons. The van der Waals surface area contributed by atoms with Gasteiger partial charge >= 0.3 is 0 Å². The first-order chi connectivity index (χ1) is 10.3. The van der Waals surface area contributed by atoms with Crippen LogP contribution < -0.4 is 10.2 Å². The minimum absolute atomic E-state index is 0.0832. The van der Waals surface area contributed by atoms with E-state index in [2.05, 4.69) is 32.1 Å². The van der Waals surface area contributed by atoms with Gasteiger partial charge in [-0.15, -0.1) is 21.9 Å². The Morgan fingerprint density at radius 2 is 2.24 bits per heavy atom. The van der Waals surface area contributed by atoms with E-state index in [0.717, 1.165) is 37.4 Å². The number of hydrogen-bond donors (Lipinski definition) is 1. The molecule has 1 aliphatic heterocycles. The Balaban J connectivity index is 1.62. The maximum absolute atomic E-state index is 11.9. The fourth-order valence-electron chi connectivity index (χ4n) is 2.57. The van der Waals surface area contributed by atoms with E-state index in [1.807, 2.05) is 12.1 Å². The average Bonchev–Trinajstić information content (AvgIpc) is 3.00. The second-order valence-electron chi connectivity index (χ2n) is 5.12. The number of carbonyl (C=O) groups excluding carboxylic acids is 1. The number of piperidine rings is 1. The normalized spacial score (nSPS) is 16.1. The van der Waals surface area contributed by atoms with E-state index in [-0.39, 0.29) is 11.8 Å². The highest BCUT2D eigenvalue weighted by molar-refractivity contribution is 5.79. The highest BCUT2D eigenvalue weighted by Gasteiger charge is 2.25. The lowest BCUT2D eigenvalue weighted by atomic mass is 9.96. The molecule has 0 bridgehead atoms. The molecular formula is C14H18N6O. The summed E-state index contributed by atoms with van der Waals surface area (Å²) in [6.07, 6.45) is 4.97. The van der Waals surface area contributed by atoms with Crippen molar-refractivity contribution < 1.29 is 4.79 Å². The molecule has 0 aliphatic carbocycles. The maximum atomic E-state index is 11.9. The van der Waals surface area contributed by atoms with Crippen LogP contribution in [0.25, 0.3) is 5.65 Å². The van der Waals surface area contributed by atoms with Gasteiger partial charge in [-0.2, -0.15) is 4.52 Å². The first-order valence-corrected chi connectivity index (χ1v) is 7.08. The van der Waals surface area contributed by atoms with Crippen LogP contribution in [0.15, 0.2) is 31.1 Å². The summed E-state index contributed by atoms with van der Waals surface area (Å²) in [6, 6.07) is 3.85. The fraction of sp³-hybridized carbons (Fsp3) is 0.429. The van der Waals surface area contributed by atoms with Crippen LogP contribution in [0.1, 0.15) is 12.8 Å². The van der Waals surface area contributed by atoms with Crippen molar-refractivity contribution in [1.82, 2.24) is 25.1 Å². The van der Waals surface area contributed by atoms with Crippen molar-refractivity contribution in [1.29, 1.82) is 0 Å². The summed E-state index contributed by atoms with van der Waals surface area (Å²) in [5.74, 6) is 1.10. The lowest BCUT2D eigenvalue weighted by Gasteiger charge is -2.31. The predicted molar refractivity (Wildman–Crippen MR) is 78.9 cm³/mol. The summed E-state index contributed by atoms with van der Waals surface area (Å²) in [6.45, 7) is 5.79. The molecule has 1 N–H and O–H groups in total. The van der Waals surface area contributed by atoms with Crippen molar-refractivity contribution in [2.75, 3.05) is 24.5 Å². The highest BCUT2D eigenvalue weighted by atomic mass is 16.1. The monoisotopic (exact) mass is 286 g/mol. The summed E-state index contributed by atoms with van der Waals surface area (Å²) in [4.78, 5) is 14.1. The zero-order chi connectivity index (χ0) is 14.7. The molecule has 0 atom stereocenters. The summed E-state index contributed by atoms with van der Waals surface area (Å²) < 4.78 is 1.66. The molecule has 1 saturated heterocycles.